The number of halogens is 1. The van der Waals surface area contributed by atoms with Crippen LogP contribution < -0.4 is 10.6 Å². The van der Waals surface area contributed by atoms with Gasteiger partial charge in [0.05, 0.1) is 6.61 Å². The van der Waals surface area contributed by atoms with E-state index in [1.54, 1.807) is 13.0 Å². The number of hydrogen-bond donors (Lipinski definition) is 2. The maximum atomic E-state index is 14.2. The standard InChI is InChI=1S/C27H31FN2O2/c1-3-32-27(31)17-29-21-11-8-19(9-12-21)20-10-13-22(16-20)30-18(2)23-14-15-26(28)25-7-5-4-6-24(23)25/h4-9,11-12,14-15,18,20,22,29-30H,3,10,13,16-17H2,1-2H3/t18-,20-,22+/m1/s1. The predicted octanol–water partition coefficient (Wildman–Crippen LogP) is 5.94. The second-order valence-electron chi connectivity index (χ2n) is 8.56. The first-order chi connectivity index (χ1) is 15.5. The van der Waals surface area contributed by atoms with Gasteiger partial charge in [-0.05, 0) is 73.7 Å². The largest absolute Gasteiger partial charge is 0.465 e. The minimum Gasteiger partial charge on any atom is -0.465 e. The third-order valence-corrected chi connectivity index (χ3v) is 6.41. The highest BCUT2D eigenvalue weighted by Crippen LogP contribution is 2.36. The van der Waals surface area contributed by atoms with E-state index in [4.69, 9.17) is 4.74 Å². The molecule has 1 saturated carbocycles. The van der Waals surface area contributed by atoms with Crippen LogP contribution in [0.5, 0.6) is 0 Å². The van der Waals surface area contributed by atoms with E-state index in [0.717, 1.165) is 35.9 Å². The second kappa shape index (κ2) is 10.1. The molecule has 0 radical (unpaired) electrons. The molecule has 32 heavy (non-hydrogen) atoms. The number of fused-ring (bicyclic) bond motifs is 1. The highest BCUT2D eigenvalue weighted by atomic mass is 19.1. The Morgan fingerprint density at radius 2 is 1.81 bits per heavy atom. The van der Waals surface area contributed by atoms with Crippen LogP contribution in [-0.4, -0.2) is 25.2 Å². The Kier molecular flexibility index (Phi) is 7.05. The Hall–Kier alpha value is -2.92. The maximum absolute atomic E-state index is 14.2. The third kappa shape index (κ3) is 5.10. The highest BCUT2D eigenvalue weighted by Gasteiger charge is 2.27. The highest BCUT2D eigenvalue weighted by molar-refractivity contribution is 5.86. The van der Waals surface area contributed by atoms with Gasteiger partial charge in [-0.1, -0.05) is 42.5 Å². The number of esters is 1. The number of nitrogens with one attached hydrogen (secondary N) is 2. The van der Waals surface area contributed by atoms with Crippen LogP contribution in [-0.2, 0) is 9.53 Å². The van der Waals surface area contributed by atoms with E-state index < -0.39 is 0 Å². The molecule has 0 amide bonds. The van der Waals surface area contributed by atoms with Crippen molar-refractivity contribution in [1.82, 2.24) is 5.32 Å². The molecule has 0 bridgehead atoms. The van der Waals surface area contributed by atoms with Crippen LogP contribution in [0.15, 0.2) is 60.7 Å². The van der Waals surface area contributed by atoms with E-state index in [2.05, 4.69) is 29.7 Å². The van der Waals surface area contributed by atoms with Gasteiger partial charge in [0.2, 0.25) is 0 Å². The van der Waals surface area contributed by atoms with E-state index in [0.29, 0.717) is 24.0 Å². The number of hydrogen-bond acceptors (Lipinski definition) is 4. The van der Waals surface area contributed by atoms with Crippen molar-refractivity contribution in [2.45, 2.75) is 51.1 Å². The zero-order chi connectivity index (χ0) is 22.5. The number of ether oxygens (including phenoxy) is 1. The molecule has 1 fully saturated rings. The van der Waals surface area contributed by atoms with Gasteiger partial charge in [0.1, 0.15) is 12.4 Å². The van der Waals surface area contributed by atoms with E-state index in [9.17, 15) is 9.18 Å². The number of benzene rings is 3. The van der Waals surface area contributed by atoms with Crippen LogP contribution in [0, 0.1) is 5.82 Å². The summed E-state index contributed by atoms with van der Waals surface area (Å²) in [5, 5.41) is 8.54. The molecular formula is C27H31FN2O2. The molecule has 0 aliphatic heterocycles. The number of carbonyl (C=O) groups excluding carboxylic acids is 1. The fourth-order valence-corrected chi connectivity index (χ4v) is 4.80. The topological polar surface area (TPSA) is 50.4 Å². The molecule has 3 aromatic rings. The first kappa shape index (κ1) is 22.3. The van der Waals surface area contributed by atoms with Crippen LogP contribution in [0.25, 0.3) is 10.8 Å². The monoisotopic (exact) mass is 434 g/mol. The molecule has 0 aromatic heterocycles. The molecule has 3 atom stereocenters. The van der Waals surface area contributed by atoms with Crippen LogP contribution >= 0.6 is 0 Å². The quantitative estimate of drug-likeness (QED) is 0.431. The smallest absolute Gasteiger partial charge is 0.325 e. The molecule has 0 spiro atoms. The summed E-state index contributed by atoms with van der Waals surface area (Å²) in [5.41, 5.74) is 3.39. The normalized spacial score (nSPS) is 19.1. The van der Waals surface area contributed by atoms with E-state index >= 15 is 0 Å². The van der Waals surface area contributed by atoms with E-state index in [1.807, 2.05) is 42.5 Å². The van der Waals surface area contributed by atoms with Gasteiger partial charge >= 0.3 is 5.97 Å². The molecular weight excluding hydrogens is 403 g/mol. The van der Waals surface area contributed by atoms with Crippen LogP contribution in [0.1, 0.15) is 56.2 Å². The fourth-order valence-electron chi connectivity index (χ4n) is 4.80. The lowest BCUT2D eigenvalue weighted by Gasteiger charge is -2.22. The van der Waals surface area contributed by atoms with Crippen molar-refractivity contribution in [3.8, 4) is 0 Å². The fraction of sp³-hybridized carbons (Fsp3) is 0.370. The summed E-state index contributed by atoms with van der Waals surface area (Å²) in [6.45, 7) is 4.54. The van der Waals surface area contributed by atoms with Crippen molar-refractivity contribution >= 4 is 22.4 Å². The van der Waals surface area contributed by atoms with Gasteiger partial charge in [-0.3, -0.25) is 4.79 Å². The van der Waals surface area contributed by atoms with Crippen molar-refractivity contribution in [2.75, 3.05) is 18.5 Å². The lowest BCUT2D eigenvalue weighted by molar-refractivity contribution is -0.140. The van der Waals surface area contributed by atoms with E-state index in [-0.39, 0.29) is 24.4 Å². The lowest BCUT2D eigenvalue weighted by Crippen LogP contribution is -2.29. The molecule has 0 unspecified atom stereocenters. The van der Waals surface area contributed by atoms with Crippen molar-refractivity contribution in [3.63, 3.8) is 0 Å². The van der Waals surface area contributed by atoms with Crippen molar-refractivity contribution in [3.05, 3.63) is 77.6 Å². The van der Waals surface area contributed by atoms with Gasteiger partial charge in [0.25, 0.3) is 0 Å². The number of anilines is 1. The molecule has 4 nitrogen and oxygen atoms in total. The lowest BCUT2D eigenvalue weighted by atomic mass is 9.96. The Balaban J connectivity index is 1.35. The third-order valence-electron chi connectivity index (χ3n) is 6.41. The second-order valence-corrected chi connectivity index (χ2v) is 8.56. The van der Waals surface area contributed by atoms with Crippen LogP contribution in [0.2, 0.25) is 0 Å². The average molecular weight is 435 g/mol. The first-order valence-corrected chi connectivity index (χ1v) is 11.5. The Labute approximate surface area is 189 Å². The number of rotatable bonds is 8. The minimum absolute atomic E-state index is 0.152. The minimum atomic E-state index is -0.246. The van der Waals surface area contributed by atoms with Crippen molar-refractivity contribution in [2.24, 2.45) is 0 Å². The average Bonchev–Trinajstić information content (AvgIpc) is 3.27. The first-order valence-electron chi connectivity index (χ1n) is 11.5. The number of carbonyl (C=O) groups is 1. The van der Waals surface area contributed by atoms with Gasteiger partial charge < -0.3 is 15.4 Å². The molecule has 2 N–H and O–H groups in total. The van der Waals surface area contributed by atoms with Gasteiger partial charge in [-0.15, -0.1) is 0 Å². The van der Waals surface area contributed by atoms with Crippen LogP contribution in [0.4, 0.5) is 10.1 Å². The zero-order valence-corrected chi connectivity index (χ0v) is 18.7. The summed E-state index contributed by atoms with van der Waals surface area (Å²) >= 11 is 0. The Morgan fingerprint density at radius 1 is 1.06 bits per heavy atom. The summed E-state index contributed by atoms with van der Waals surface area (Å²) in [7, 11) is 0. The van der Waals surface area contributed by atoms with Gasteiger partial charge in [0, 0.05) is 23.2 Å². The summed E-state index contributed by atoms with van der Waals surface area (Å²) in [5.74, 6) is 0.103. The molecule has 0 saturated heterocycles. The van der Waals surface area contributed by atoms with Gasteiger partial charge in [0.15, 0.2) is 0 Å². The summed E-state index contributed by atoms with van der Waals surface area (Å²) in [4.78, 5) is 11.5. The van der Waals surface area contributed by atoms with Crippen LogP contribution in [0.3, 0.4) is 0 Å². The summed E-state index contributed by atoms with van der Waals surface area (Å²) in [6, 6.07) is 20.1. The molecule has 1 aliphatic carbocycles. The molecule has 3 aromatic carbocycles. The van der Waals surface area contributed by atoms with Gasteiger partial charge in [-0.2, -0.15) is 0 Å². The van der Waals surface area contributed by atoms with E-state index in [1.165, 1.54) is 5.56 Å². The van der Waals surface area contributed by atoms with Crippen molar-refractivity contribution in [1.29, 1.82) is 0 Å². The predicted molar refractivity (Wildman–Crippen MR) is 127 cm³/mol. The Bertz CT molecular complexity index is 1070. The Morgan fingerprint density at radius 3 is 2.56 bits per heavy atom. The SMILES string of the molecule is CCOC(=O)CNc1ccc([C@@H]2CC[C@H](N[C@H](C)c3ccc(F)c4ccccc34)C2)cc1. The molecule has 4 rings (SSSR count). The molecule has 1 aliphatic rings. The van der Waals surface area contributed by atoms with Crippen molar-refractivity contribution < 1.29 is 13.9 Å². The molecule has 5 heteroatoms. The summed E-state index contributed by atoms with van der Waals surface area (Å²) < 4.78 is 19.1. The maximum Gasteiger partial charge on any atom is 0.325 e. The zero-order valence-electron chi connectivity index (χ0n) is 18.7. The molecule has 0 heterocycles. The van der Waals surface area contributed by atoms with Gasteiger partial charge in [-0.25, -0.2) is 4.39 Å². The summed E-state index contributed by atoms with van der Waals surface area (Å²) in [6.07, 6.45) is 3.35. The molecule has 168 valence electrons.